The van der Waals surface area contributed by atoms with Gasteiger partial charge >= 0.3 is 0 Å². The second kappa shape index (κ2) is 19.3. The molecule has 0 saturated heterocycles. The van der Waals surface area contributed by atoms with Crippen molar-refractivity contribution in [3.63, 3.8) is 0 Å². The van der Waals surface area contributed by atoms with Crippen molar-refractivity contribution in [2.75, 3.05) is 0 Å². The normalized spacial score (nSPS) is 12.5. The molecule has 394 valence electrons. The molecule has 81 heavy (non-hydrogen) atoms. The quantitative estimate of drug-likeness (QED) is 0.130. The summed E-state index contributed by atoms with van der Waals surface area (Å²) in [7, 11) is 0. The lowest BCUT2D eigenvalue weighted by atomic mass is 9.69. The minimum Gasteiger partial charge on any atom is -0.456 e. The van der Waals surface area contributed by atoms with Gasteiger partial charge in [-0.15, -0.1) is 0 Å². The van der Waals surface area contributed by atoms with Gasteiger partial charge in [-0.2, -0.15) is 0 Å². The molecule has 0 aliphatic carbocycles. The predicted octanol–water partition coefficient (Wildman–Crippen LogP) is 22.1. The average molecular weight is 1050 g/mol. The third-order valence-electron chi connectivity index (χ3n) is 17.1. The van der Waals surface area contributed by atoms with E-state index in [4.69, 9.17) is 13.3 Å². The monoisotopic (exact) mass is 1050 g/mol. The molecule has 0 fully saturated rings. The van der Waals surface area contributed by atoms with Gasteiger partial charge in [0.1, 0.15) is 33.5 Å². The van der Waals surface area contributed by atoms with Crippen molar-refractivity contribution in [3.05, 3.63) is 264 Å². The van der Waals surface area contributed by atoms with Crippen LogP contribution < -0.4 is 0 Å². The summed E-state index contributed by atoms with van der Waals surface area (Å²) in [5.74, 6) is 0. The van der Waals surface area contributed by atoms with Crippen LogP contribution in [0, 0.1) is 0 Å². The van der Waals surface area contributed by atoms with Gasteiger partial charge < -0.3 is 13.3 Å². The first-order valence-corrected chi connectivity index (χ1v) is 28.6. The van der Waals surface area contributed by atoms with Crippen LogP contribution in [-0.2, 0) is 29.1 Å². The first-order chi connectivity index (χ1) is 39.3. The zero-order valence-corrected chi connectivity index (χ0v) is 47.2. The third-order valence-corrected chi connectivity index (χ3v) is 17.1. The highest BCUT2D eigenvalue weighted by atomic mass is 16.3. The molecule has 0 aliphatic heterocycles. The van der Waals surface area contributed by atoms with Crippen molar-refractivity contribution >= 4 is 65.8 Å². The zero-order chi connectivity index (χ0) is 55.2. The molecule has 0 amide bonds. The second-order valence-electron chi connectivity index (χ2n) is 24.6. The molecule has 3 heterocycles. The minimum absolute atomic E-state index is 0.0250. The molecule has 3 aromatic heterocycles. The van der Waals surface area contributed by atoms with E-state index in [1.807, 2.05) is 0 Å². The molecule has 11 aromatic carbocycles. The highest BCUT2D eigenvalue weighted by Crippen LogP contribution is 2.50. The molecule has 3 nitrogen and oxygen atoms in total. The van der Waals surface area contributed by atoms with Crippen molar-refractivity contribution in [1.29, 1.82) is 0 Å². The fourth-order valence-corrected chi connectivity index (χ4v) is 13.7. The Balaban J connectivity index is 0.962. The molecular weight excluding hydrogens is 985 g/mol. The maximum atomic E-state index is 6.99. The number of hydrogen-bond acceptors (Lipinski definition) is 3. The SMILES string of the molecule is CC(C)(C)c1ccccc1-c1cccc2oc3cc(CC(C)(C)c4c(-c5ccccc5)cc(CC(C)(C)c5c(-c6ccccc6)cccc5-c5cccc6oc7ccccc7c56)cc4-c4cccc5c4oc4ccccc45)ccc3c12. The maximum Gasteiger partial charge on any atom is 0.143 e. The largest absolute Gasteiger partial charge is 0.456 e. The van der Waals surface area contributed by atoms with E-state index in [0.717, 1.165) is 84.2 Å². The molecule has 0 bridgehead atoms. The van der Waals surface area contributed by atoms with Crippen molar-refractivity contribution in [3.8, 4) is 55.6 Å². The number of benzene rings is 11. The Bertz CT molecular complexity index is 4720. The van der Waals surface area contributed by atoms with Gasteiger partial charge in [0.25, 0.3) is 0 Å². The number of para-hydroxylation sites is 3. The van der Waals surface area contributed by atoms with E-state index in [-0.39, 0.29) is 5.41 Å². The molecule has 0 N–H and O–H groups in total. The van der Waals surface area contributed by atoms with Crippen LogP contribution in [-0.4, -0.2) is 0 Å². The Hall–Kier alpha value is -9.18. The summed E-state index contributed by atoms with van der Waals surface area (Å²) in [5, 5.41) is 6.78. The smallest absolute Gasteiger partial charge is 0.143 e. The van der Waals surface area contributed by atoms with Crippen LogP contribution in [0.2, 0.25) is 0 Å². The van der Waals surface area contributed by atoms with E-state index < -0.39 is 10.8 Å². The molecular formula is C78H64O3. The van der Waals surface area contributed by atoms with E-state index in [1.165, 1.54) is 77.9 Å². The molecule has 0 aliphatic rings. The highest BCUT2D eigenvalue weighted by molar-refractivity contribution is 6.14. The van der Waals surface area contributed by atoms with Gasteiger partial charge in [0, 0.05) is 37.9 Å². The Labute approximate surface area is 474 Å². The van der Waals surface area contributed by atoms with E-state index in [0.29, 0.717) is 0 Å². The van der Waals surface area contributed by atoms with Gasteiger partial charge in [0.15, 0.2) is 0 Å². The molecule has 0 unspecified atom stereocenters. The summed E-state index contributed by atoms with van der Waals surface area (Å²) in [4.78, 5) is 0. The highest BCUT2D eigenvalue weighted by Gasteiger charge is 2.34. The van der Waals surface area contributed by atoms with Crippen molar-refractivity contribution < 1.29 is 13.3 Å². The van der Waals surface area contributed by atoms with Crippen LogP contribution in [0.25, 0.3) is 121 Å². The predicted molar refractivity (Wildman–Crippen MR) is 341 cm³/mol. The molecule has 3 heteroatoms. The van der Waals surface area contributed by atoms with E-state index >= 15 is 0 Å². The molecule has 0 radical (unpaired) electrons. The molecule has 14 rings (SSSR count). The van der Waals surface area contributed by atoms with Gasteiger partial charge in [-0.05, 0) is 137 Å². The summed E-state index contributed by atoms with van der Waals surface area (Å²) in [5.41, 5.74) is 22.8. The number of rotatable bonds is 11. The number of hydrogen-bond donors (Lipinski definition) is 0. The average Bonchev–Trinajstić information content (AvgIpc) is 4.36. The molecule has 14 aromatic rings. The van der Waals surface area contributed by atoms with Gasteiger partial charge in [-0.1, -0.05) is 255 Å². The molecule has 0 atom stereocenters. The summed E-state index contributed by atoms with van der Waals surface area (Å²) < 4.78 is 20.4. The Morgan fingerprint density at radius 1 is 0.284 bits per heavy atom. The number of fused-ring (bicyclic) bond motifs is 9. The second-order valence-corrected chi connectivity index (χ2v) is 24.6. The van der Waals surface area contributed by atoms with Crippen LogP contribution in [0.15, 0.2) is 250 Å². The van der Waals surface area contributed by atoms with Crippen molar-refractivity contribution in [2.24, 2.45) is 0 Å². The fraction of sp³-hybridized carbons (Fsp3) is 0.154. The lowest BCUT2D eigenvalue weighted by molar-refractivity contribution is 0.519. The molecule has 0 saturated carbocycles. The summed E-state index contributed by atoms with van der Waals surface area (Å²) in [6, 6.07) is 86.2. The van der Waals surface area contributed by atoms with Crippen LogP contribution in [0.5, 0.6) is 0 Å². The van der Waals surface area contributed by atoms with Gasteiger partial charge in [-0.25, -0.2) is 0 Å². The van der Waals surface area contributed by atoms with E-state index in [9.17, 15) is 0 Å². The van der Waals surface area contributed by atoms with Crippen LogP contribution in [0.4, 0.5) is 0 Å². The Morgan fingerprint density at radius 2 is 0.741 bits per heavy atom. The summed E-state index contributed by atoms with van der Waals surface area (Å²) in [6.07, 6.45) is 1.51. The molecule has 0 spiro atoms. The first kappa shape index (κ1) is 50.1. The standard InChI is InChI=1S/C78H64O3/c1-76(2,3)65-37-17-14-28-54(65)56-32-22-41-69-71(56)62-43-42-49(46-70(62)80-69)47-77(4,5)74-63(52-26-12-9-13-27-52)44-50(45-64(74)60-36-21-35-59-55-29-15-18-38-66(55)81-75(59)60)48-78(6,7)73-53(51-24-10-8-11-25-51)31-20-34-58(73)57-33-23-40-68-72(57)61-30-16-19-39-67(61)79-68/h8-46H,47-48H2,1-7H3. The topological polar surface area (TPSA) is 39.4 Å². The van der Waals surface area contributed by atoms with Crippen LogP contribution in [0.3, 0.4) is 0 Å². The van der Waals surface area contributed by atoms with Gasteiger partial charge in [-0.3, -0.25) is 0 Å². The lowest BCUT2D eigenvalue weighted by Gasteiger charge is -2.34. The van der Waals surface area contributed by atoms with Crippen LogP contribution in [0.1, 0.15) is 76.3 Å². The van der Waals surface area contributed by atoms with Crippen molar-refractivity contribution in [2.45, 2.75) is 77.6 Å². The fourth-order valence-electron chi connectivity index (χ4n) is 13.7. The number of furan rings is 3. The minimum atomic E-state index is -0.404. The van der Waals surface area contributed by atoms with E-state index in [1.54, 1.807) is 0 Å². The van der Waals surface area contributed by atoms with Gasteiger partial charge in [0.05, 0.1) is 0 Å². The summed E-state index contributed by atoms with van der Waals surface area (Å²) in [6.45, 7) is 16.6. The summed E-state index contributed by atoms with van der Waals surface area (Å²) >= 11 is 0. The van der Waals surface area contributed by atoms with Gasteiger partial charge in [0.2, 0.25) is 0 Å². The first-order valence-electron chi connectivity index (χ1n) is 28.6. The maximum absolute atomic E-state index is 6.99. The Morgan fingerprint density at radius 3 is 1.44 bits per heavy atom. The lowest BCUT2D eigenvalue weighted by Crippen LogP contribution is -2.25. The van der Waals surface area contributed by atoms with E-state index in [2.05, 4.69) is 285 Å². The third kappa shape index (κ3) is 8.66. The van der Waals surface area contributed by atoms with Crippen molar-refractivity contribution in [1.82, 2.24) is 0 Å². The van der Waals surface area contributed by atoms with Crippen LogP contribution >= 0.6 is 0 Å². The Kier molecular flexibility index (Phi) is 11.9. The zero-order valence-electron chi connectivity index (χ0n) is 47.2.